The number of halogens is 6. The standard InChI is InChI=1S/C23H23F6N4O6P/c1-13(15-9-16(22(24,25)26)11-17(10-15)23(27,28)29)39-20-19(14-5-3-2-4-6-14)32(7-8-38-20)12-18-30-21(34)33(31-18)40(35,36)37/h2-6,9-11,13,19-20H,7-8,12H2,1H3,(H,30,31,34)(H2,35,36,37)/t13-,19+,20-/m1/s1. The maximum absolute atomic E-state index is 13.4. The third-order valence-corrected chi connectivity index (χ3v) is 6.88. The minimum absolute atomic E-state index is 0.00222. The van der Waals surface area contributed by atoms with Gasteiger partial charge in [-0.05, 0) is 36.2 Å². The lowest BCUT2D eigenvalue weighted by molar-refractivity contribution is -0.231. The van der Waals surface area contributed by atoms with Crippen LogP contribution < -0.4 is 5.69 Å². The Labute approximate surface area is 222 Å². The summed E-state index contributed by atoms with van der Waals surface area (Å²) in [6.07, 6.45) is -12.6. The van der Waals surface area contributed by atoms with E-state index in [0.29, 0.717) is 17.7 Å². The number of H-pyrrole nitrogens is 1. The summed E-state index contributed by atoms with van der Waals surface area (Å²) < 4.78 is 103. The van der Waals surface area contributed by atoms with Gasteiger partial charge in [0.2, 0.25) is 0 Å². The molecular formula is C23H23F6N4O6P. The predicted octanol–water partition coefficient (Wildman–Crippen LogP) is 4.23. The van der Waals surface area contributed by atoms with Crippen LogP contribution in [0.3, 0.4) is 0 Å². The summed E-state index contributed by atoms with van der Waals surface area (Å²) in [5.74, 6) is -0.101. The fourth-order valence-corrected chi connectivity index (χ4v) is 4.80. The number of nitrogens with zero attached hydrogens (tertiary/aromatic N) is 3. The molecule has 40 heavy (non-hydrogen) atoms. The monoisotopic (exact) mass is 596 g/mol. The molecule has 0 amide bonds. The van der Waals surface area contributed by atoms with E-state index in [9.17, 15) is 45.5 Å². The molecule has 1 aromatic heterocycles. The number of alkyl halides is 6. The van der Waals surface area contributed by atoms with E-state index in [1.807, 2.05) is 0 Å². The third-order valence-electron chi connectivity index (χ3n) is 6.12. The largest absolute Gasteiger partial charge is 0.454 e. The first-order chi connectivity index (χ1) is 18.5. The number of hydrogen-bond acceptors (Lipinski definition) is 6. The highest BCUT2D eigenvalue weighted by atomic mass is 31.2. The van der Waals surface area contributed by atoms with E-state index in [1.54, 1.807) is 35.2 Å². The molecule has 0 unspecified atom stereocenters. The lowest BCUT2D eigenvalue weighted by atomic mass is 10.0. The van der Waals surface area contributed by atoms with Gasteiger partial charge < -0.3 is 19.3 Å². The normalized spacial score (nSPS) is 20.0. The molecule has 218 valence electrons. The summed E-state index contributed by atoms with van der Waals surface area (Å²) in [4.78, 5) is 34.5. The highest BCUT2D eigenvalue weighted by Gasteiger charge is 2.39. The molecule has 0 spiro atoms. The smallest absolute Gasteiger partial charge is 0.349 e. The van der Waals surface area contributed by atoms with E-state index in [2.05, 4.69) is 10.1 Å². The lowest BCUT2D eigenvalue weighted by Crippen LogP contribution is -2.46. The van der Waals surface area contributed by atoms with Crippen LogP contribution >= 0.6 is 7.75 Å². The van der Waals surface area contributed by atoms with Crippen LogP contribution in [0.1, 0.15) is 47.1 Å². The molecule has 0 saturated carbocycles. The summed E-state index contributed by atoms with van der Waals surface area (Å²) in [6.45, 7) is 1.36. The summed E-state index contributed by atoms with van der Waals surface area (Å²) >= 11 is 0. The molecule has 3 aromatic rings. The lowest BCUT2D eigenvalue weighted by Gasteiger charge is -2.41. The Balaban J connectivity index is 1.66. The van der Waals surface area contributed by atoms with Crippen molar-refractivity contribution in [3.8, 4) is 0 Å². The quantitative estimate of drug-likeness (QED) is 0.273. The first-order valence-corrected chi connectivity index (χ1v) is 13.2. The Morgan fingerprint density at radius 2 is 1.70 bits per heavy atom. The number of nitrogens with one attached hydrogen (secondary N) is 1. The zero-order chi connectivity index (χ0) is 29.5. The van der Waals surface area contributed by atoms with Crippen molar-refractivity contribution in [1.82, 2.24) is 19.4 Å². The van der Waals surface area contributed by atoms with Crippen molar-refractivity contribution >= 4 is 7.75 Å². The van der Waals surface area contributed by atoms with Gasteiger partial charge in [-0.3, -0.25) is 9.88 Å². The van der Waals surface area contributed by atoms with E-state index in [0.717, 1.165) is 0 Å². The maximum atomic E-state index is 13.4. The van der Waals surface area contributed by atoms with Crippen LogP contribution in [0.2, 0.25) is 0 Å². The van der Waals surface area contributed by atoms with Crippen LogP contribution in [-0.4, -0.2) is 48.7 Å². The second-order valence-electron chi connectivity index (χ2n) is 8.96. The Kier molecular flexibility index (Phi) is 8.32. The molecule has 0 bridgehead atoms. The summed E-state index contributed by atoms with van der Waals surface area (Å²) in [5, 5.41) is 3.65. The van der Waals surface area contributed by atoms with Crippen molar-refractivity contribution < 1.29 is 50.2 Å². The number of benzene rings is 2. The van der Waals surface area contributed by atoms with E-state index in [1.165, 1.54) is 6.92 Å². The molecule has 1 aliphatic heterocycles. The molecule has 17 heteroatoms. The average molecular weight is 596 g/mol. The fraction of sp³-hybridized carbons (Fsp3) is 0.391. The van der Waals surface area contributed by atoms with Gasteiger partial charge in [-0.2, -0.15) is 26.3 Å². The number of hydrogen-bond donors (Lipinski definition) is 3. The zero-order valence-corrected chi connectivity index (χ0v) is 21.5. The molecule has 4 rings (SSSR count). The molecule has 1 saturated heterocycles. The number of aromatic amines is 1. The van der Waals surface area contributed by atoms with Crippen LogP contribution in [0, 0.1) is 0 Å². The van der Waals surface area contributed by atoms with Gasteiger partial charge in [0.25, 0.3) is 0 Å². The van der Waals surface area contributed by atoms with Gasteiger partial charge in [-0.25, -0.2) is 9.36 Å². The van der Waals surface area contributed by atoms with E-state index < -0.39 is 55.4 Å². The van der Waals surface area contributed by atoms with Crippen molar-refractivity contribution in [2.24, 2.45) is 0 Å². The SMILES string of the molecule is C[C@@H](O[C@H]1OCCN(Cc2nn(P(=O)(O)O)c(=O)[nH]2)[C@H]1c1ccccc1)c1cc(C(F)(F)F)cc(C(F)(F)F)c1. The van der Waals surface area contributed by atoms with E-state index in [-0.39, 0.29) is 41.6 Å². The fourth-order valence-electron chi connectivity index (χ4n) is 4.29. The summed E-state index contributed by atoms with van der Waals surface area (Å²) in [5.41, 5.74) is -3.89. The number of aromatic nitrogens is 3. The zero-order valence-electron chi connectivity index (χ0n) is 20.6. The minimum Gasteiger partial charge on any atom is -0.349 e. The molecule has 1 fully saturated rings. The van der Waals surface area contributed by atoms with Crippen LogP contribution in [-0.2, 0) is 32.9 Å². The van der Waals surface area contributed by atoms with Crippen molar-refractivity contribution in [3.63, 3.8) is 0 Å². The minimum atomic E-state index is -5.03. The molecule has 3 N–H and O–H groups in total. The molecule has 2 aromatic carbocycles. The second-order valence-corrected chi connectivity index (χ2v) is 10.4. The topological polar surface area (TPSA) is 130 Å². The summed E-state index contributed by atoms with van der Waals surface area (Å²) in [7, 11) is -5.03. The Bertz CT molecular complexity index is 1410. The first kappa shape index (κ1) is 30.0. The first-order valence-electron chi connectivity index (χ1n) is 11.6. The predicted molar refractivity (Wildman–Crippen MR) is 126 cm³/mol. The number of morpholine rings is 1. The number of rotatable bonds is 7. The van der Waals surface area contributed by atoms with Crippen LogP contribution in [0.25, 0.3) is 0 Å². The van der Waals surface area contributed by atoms with Gasteiger partial charge in [0.1, 0.15) is 5.82 Å². The molecule has 0 radical (unpaired) electrons. The van der Waals surface area contributed by atoms with Gasteiger partial charge in [0.05, 0.1) is 36.4 Å². The molecule has 0 aliphatic carbocycles. The average Bonchev–Trinajstić information content (AvgIpc) is 3.24. The number of ether oxygens (including phenoxy) is 2. The summed E-state index contributed by atoms with van der Waals surface area (Å²) in [6, 6.07) is 8.87. The van der Waals surface area contributed by atoms with Crippen LogP contribution in [0.5, 0.6) is 0 Å². The molecule has 3 atom stereocenters. The molecular weight excluding hydrogens is 573 g/mol. The highest BCUT2D eigenvalue weighted by Crippen LogP contribution is 2.40. The Morgan fingerprint density at radius 3 is 2.23 bits per heavy atom. The highest BCUT2D eigenvalue weighted by molar-refractivity contribution is 7.49. The van der Waals surface area contributed by atoms with Crippen molar-refractivity contribution in [2.75, 3.05) is 13.2 Å². The van der Waals surface area contributed by atoms with Gasteiger partial charge in [-0.15, -0.1) is 9.55 Å². The third kappa shape index (κ3) is 6.82. The van der Waals surface area contributed by atoms with Gasteiger partial charge >= 0.3 is 25.8 Å². The Morgan fingerprint density at radius 1 is 1.10 bits per heavy atom. The molecule has 10 nitrogen and oxygen atoms in total. The van der Waals surface area contributed by atoms with Crippen molar-refractivity contribution in [2.45, 2.75) is 44.3 Å². The second kappa shape index (κ2) is 11.1. The van der Waals surface area contributed by atoms with Gasteiger partial charge in [0.15, 0.2) is 6.29 Å². The van der Waals surface area contributed by atoms with Gasteiger partial charge in [-0.1, -0.05) is 30.3 Å². The van der Waals surface area contributed by atoms with Crippen molar-refractivity contribution in [1.29, 1.82) is 0 Å². The van der Waals surface area contributed by atoms with E-state index >= 15 is 0 Å². The molecule has 1 aliphatic rings. The maximum Gasteiger partial charge on any atom is 0.454 e. The van der Waals surface area contributed by atoms with Crippen LogP contribution in [0.15, 0.2) is 53.3 Å². The van der Waals surface area contributed by atoms with Crippen molar-refractivity contribution in [3.05, 3.63) is 87.1 Å². The molecule has 2 heterocycles. The van der Waals surface area contributed by atoms with E-state index in [4.69, 9.17) is 9.47 Å². The van der Waals surface area contributed by atoms with Gasteiger partial charge in [0, 0.05) is 6.54 Å². The Hall–Kier alpha value is -3.01. The van der Waals surface area contributed by atoms with Crippen LogP contribution in [0.4, 0.5) is 26.3 Å².